The van der Waals surface area contributed by atoms with E-state index in [1.54, 1.807) is 6.26 Å². The number of nitrogens with one attached hydrogen (secondary N) is 1. The van der Waals surface area contributed by atoms with E-state index in [4.69, 9.17) is 13.6 Å². The second kappa shape index (κ2) is 8.63. The van der Waals surface area contributed by atoms with E-state index < -0.39 is 0 Å². The maximum absolute atomic E-state index is 13.2. The van der Waals surface area contributed by atoms with Crippen molar-refractivity contribution in [3.05, 3.63) is 84.5 Å². The fourth-order valence-corrected chi connectivity index (χ4v) is 3.86. The highest BCUT2D eigenvalue weighted by molar-refractivity contribution is 6.03. The van der Waals surface area contributed by atoms with Gasteiger partial charge in [0.2, 0.25) is 0 Å². The molecule has 1 aliphatic heterocycles. The summed E-state index contributed by atoms with van der Waals surface area (Å²) in [6.07, 6.45) is 2.11. The first kappa shape index (κ1) is 19.9. The van der Waals surface area contributed by atoms with Crippen molar-refractivity contribution in [1.29, 1.82) is 0 Å². The summed E-state index contributed by atoms with van der Waals surface area (Å²) >= 11 is 0. The highest BCUT2D eigenvalue weighted by Crippen LogP contribution is 2.34. The minimum Gasteiger partial charge on any atom is -0.492 e. The van der Waals surface area contributed by atoms with E-state index in [2.05, 4.69) is 10.4 Å². The minimum atomic E-state index is -0.329. The van der Waals surface area contributed by atoms with Crippen LogP contribution in [0.1, 0.15) is 30.9 Å². The highest BCUT2D eigenvalue weighted by Gasteiger charge is 2.35. The Labute approximate surface area is 185 Å². The molecule has 1 amide bonds. The fraction of sp³-hybridized carbons (Fsp3) is 0.200. The smallest absolute Gasteiger partial charge is 0.262 e. The van der Waals surface area contributed by atoms with Crippen LogP contribution in [0.3, 0.4) is 0 Å². The molecule has 0 radical (unpaired) electrons. The van der Waals surface area contributed by atoms with Gasteiger partial charge in [0.1, 0.15) is 28.8 Å². The summed E-state index contributed by atoms with van der Waals surface area (Å²) in [5.74, 6) is 1.87. The molecule has 0 spiro atoms. The summed E-state index contributed by atoms with van der Waals surface area (Å²) in [6.45, 7) is 2.54. The van der Waals surface area contributed by atoms with Gasteiger partial charge in [0, 0.05) is 11.8 Å². The van der Waals surface area contributed by atoms with E-state index in [1.165, 1.54) is 5.01 Å². The number of rotatable bonds is 7. The molecule has 7 nitrogen and oxygen atoms in total. The molecule has 1 unspecified atom stereocenters. The molecule has 162 valence electrons. The van der Waals surface area contributed by atoms with Crippen molar-refractivity contribution in [2.24, 2.45) is 5.10 Å². The number of amides is 1. The molecule has 32 heavy (non-hydrogen) atoms. The molecule has 0 saturated heterocycles. The molecule has 4 aromatic rings. The van der Waals surface area contributed by atoms with E-state index in [9.17, 15) is 4.79 Å². The summed E-state index contributed by atoms with van der Waals surface area (Å²) in [7, 11) is 0. The van der Waals surface area contributed by atoms with Crippen LogP contribution in [0, 0.1) is 0 Å². The number of hydrogen-bond acceptors (Lipinski definition) is 6. The summed E-state index contributed by atoms with van der Waals surface area (Å²) < 4.78 is 17.2. The number of anilines is 1. The van der Waals surface area contributed by atoms with Gasteiger partial charge < -0.3 is 18.9 Å². The molecule has 5 rings (SSSR count). The molecular weight excluding hydrogens is 406 g/mol. The number of ether oxygens (including phenoxy) is 1. The van der Waals surface area contributed by atoms with Crippen LogP contribution in [-0.2, 0) is 4.79 Å². The van der Waals surface area contributed by atoms with E-state index in [0.29, 0.717) is 36.0 Å². The minimum absolute atomic E-state index is 0.0677. The van der Waals surface area contributed by atoms with Gasteiger partial charge in [-0.15, -0.1) is 0 Å². The Morgan fingerprint density at radius 3 is 2.81 bits per heavy atom. The van der Waals surface area contributed by atoms with Gasteiger partial charge in [-0.05, 0) is 43.3 Å². The second-order valence-electron chi connectivity index (χ2n) is 7.45. The van der Waals surface area contributed by atoms with Gasteiger partial charge in [-0.25, -0.2) is 5.01 Å². The topological polar surface area (TPSA) is 80.2 Å². The average molecular weight is 429 g/mol. The Balaban J connectivity index is 1.39. The van der Waals surface area contributed by atoms with Gasteiger partial charge >= 0.3 is 0 Å². The van der Waals surface area contributed by atoms with Crippen LogP contribution in [0.15, 0.2) is 86.9 Å². The van der Waals surface area contributed by atoms with Crippen LogP contribution in [-0.4, -0.2) is 29.8 Å². The normalized spacial score (nSPS) is 15.7. The van der Waals surface area contributed by atoms with Crippen LogP contribution in [0.4, 0.5) is 5.69 Å². The van der Waals surface area contributed by atoms with Gasteiger partial charge in [-0.1, -0.05) is 30.3 Å². The molecule has 0 fully saturated rings. The van der Waals surface area contributed by atoms with E-state index in [-0.39, 0.29) is 18.5 Å². The first-order valence-corrected chi connectivity index (χ1v) is 10.6. The van der Waals surface area contributed by atoms with E-state index in [0.717, 1.165) is 16.7 Å². The summed E-state index contributed by atoms with van der Waals surface area (Å²) in [5, 5.41) is 10.3. The maximum Gasteiger partial charge on any atom is 0.262 e. The lowest BCUT2D eigenvalue weighted by Gasteiger charge is -2.20. The predicted octanol–water partition coefficient (Wildman–Crippen LogP) is 5.21. The van der Waals surface area contributed by atoms with Crippen molar-refractivity contribution in [3.8, 4) is 5.75 Å². The van der Waals surface area contributed by atoms with Crippen molar-refractivity contribution in [1.82, 2.24) is 5.01 Å². The average Bonchev–Trinajstić information content (AvgIpc) is 3.57. The summed E-state index contributed by atoms with van der Waals surface area (Å²) in [4.78, 5) is 13.2. The molecular formula is C25H23N3O4. The van der Waals surface area contributed by atoms with Crippen molar-refractivity contribution >= 4 is 28.3 Å². The molecule has 0 saturated carbocycles. The lowest BCUT2D eigenvalue weighted by Crippen LogP contribution is -2.32. The van der Waals surface area contributed by atoms with Gasteiger partial charge in [-0.3, -0.25) is 4.79 Å². The number of carbonyl (C=O) groups is 1. The Bertz CT molecular complexity index is 1230. The van der Waals surface area contributed by atoms with Crippen LogP contribution in [0.5, 0.6) is 5.75 Å². The number of fused-ring (bicyclic) bond motifs is 1. The maximum atomic E-state index is 13.2. The Morgan fingerprint density at radius 1 is 1.16 bits per heavy atom. The molecule has 3 heterocycles. The van der Waals surface area contributed by atoms with Crippen LogP contribution >= 0.6 is 0 Å². The highest BCUT2D eigenvalue weighted by atomic mass is 16.5. The van der Waals surface area contributed by atoms with Gasteiger partial charge in [0.05, 0.1) is 25.1 Å². The van der Waals surface area contributed by atoms with Crippen LogP contribution < -0.4 is 10.1 Å². The van der Waals surface area contributed by atoms with Gasteiger partial charge in [0.25, 0.3) is 5.91 Å². The number of para-hydroxylation sites is 3. The fourth-order valence-electron chi connectivity index (χ4n) is 3.86. The number of nitrogens with zero attached hydrogens (tertiary/aromatic N) is 2. The first-order chi connectivity index (χ1) is 15.7. The first-order valence-electron chi connectivity index (χ1n) is 10.6. The molecule has 1 atom stereocenters. The lowest BCUT2D eigenvalue weighted by molar-refractivity contribution is -0.131. The van der Waals surface area contributed by atoms with Crippen LogP contribution in [0.25, 0.3) is 11.0 Å². The Hall–Kier alpha value is -4.00. The molecule has 0 bridgehead atoms. The third-order valence-electron chi connectivity index (χ3n) is 5.36. The zero-order chi connectivity index (χ0) is 21.9. The Morgan fingerprint density at radius 2 is 2.00 bits per heavy atom. The molecule has 7 heteroatoms. The largest absolute Gasteiger partial charge is 0.492 e. The zero-order valence-corrected chi connectivity index (χ0v) is 17.7. The standard InChI is InChI=1S/C25H23N3O4/c1-2-30-22-11-6-4-9-18(22)26-16-25(29)28-20(23-12-7-13-31-23)15-19(27-28)24-14-17-8-3-5-10-21(17)32-24/h3-14,20,26H,2,15-16H2,1H3. The lowest BCUT2D eigenvalue weighted by atomic mass is 10.1. The molecule has 0 aliphatic carbocycles. The molecule has 2 aromatic heterocycles. The Kier molecular flexibility index (Phi) is 5.37. The van der Waals surface area contributed by atoms with Crippen molar-refractivity contribution in [3.63, 3.8) is 0 Å². The van der Waals surface area contributed by atoms with E-state index in [1.807, 2.05) is 73.7 Å². The van der Waals surface area contributed by atoms with Gasteiger partial charge in [-0.2, -0.15) is 5.10 Å². The number of hydrogen-bond donors (Lipinski definition) is 1. The number of carbonyl (C=O) groups excluding carboxylic acids is 1. The second-order valence-corrected chi connectivity index (χ2v) is 7.45. The van der Waals surface area contributed by atoms with Crippen LogP contribution in [0.2, 0.25) is 0 Å². The summed E-state index contributed by atoms with van der Waals surface area (Å²) in [6, 6.07) is 20.7. The van der Waals surface area contributed by atoms with Gasteiger partial charge in [0.15, 0.2) is 5.76 Å². The SMILES string of the molecule is CCOc1ccccc1NCC(=O)N1N=C(c2cc3ccccc3o2)CC1c1ccco1. The van der Waals surface area contributed by atoms with E-state index >= 15 is 0 Å². The molecule has 1 aliphatic rings. The van der Waals surface area contributed by atoms with Crippen molar-refractivity contribution in [2.45, 2.75) is 19.4 Å². The van der Waals surface area contributed by atoms with Crippen molar-refractivity contribution in [2.75, 3.05) is 18.5 Å². The molecule has 1 N–H and O–H groups in total. The predicted molar refractivity (Wildman–Crippen MR) is 122 cm³/mol. The molecule has 2 aromatic carbocycles. The van der Waals surface area contributed by atoms with Crippen molar-refractivity contribution < 1.29 is 18.4 Å². The monoisotopic (exact) mass is 429 g/mol. The summed E-state index contributed by atoms with van der Waals surface area (Å²) in [5.41, 5.74) is 2.27. The third kappa shape index (κ3) is 3.85. The number of benzene rings is 2. The number of hydrazone groups is 1. The quantitative estimate of drug-likeness (QED) is 0.436. The zero-order valence-electron chi connectivity index (χ0n) is 17.7. The third-order valence-corrected chi connectivity index (χ3v) is 5.36. The number of furan rings is 2.